The number of amides is 1. The molecule has 0 spiro atoms. The summed E-state index contributed by atoms with van der Waals surface area (Å²) in [7, 11) is -3.66. The average molecular weight is 491 g/mol. The SMILES string of the molecule is C[C@H]1CN(S(=O)(=O)c2ccc(C(=O)Nc3ccc(-c4nc5ccccc5[nH]4)cc3)cc2)C[C@H](C)O1. The first-order chi connectivity index (χ1) is 16.8. The van der Waals surface area contributed by atoms with Crippen LogP contribution in [0.5, 0.6) is 0 Å². The van der Waals surface area contributed by atoms with Gasteiger partial charge in [0.15, 0.2) is 0 Å². The zero-order chi connectivity index (χ0) is 24.6. The van der Waals surface area contributed by atoms with E-state index in [9.17, 15) is 13.2 Å². The van der Waals surface area contributed by atoms with Crippen LogP contribution in [0.2, 0.25) is 0 Å². The van der Waals surface area contributed by atoms with Crippen LogP contribution in [0.15, 0.2) is 77.7 Å². The van der Waals surface area contributed by atoms with Crippen LogP contribution in [0, 0.1) is 0 Å². The molecule has 0 radical (unpaired) electrons. The van der Waals surface area contributed by atoms with E-state index in [1.165, 1.54) is 28.6 Å². The minimum Gasteiger partial charge on any atom is -0.373 e. The molecule has 0 aliphatic carbocycles. The van der Waals surface area contributed by atoms with E-state index in [1.807, 2.05) is 50.2 Å². The van der Waals surface area contributed by atoms with Gasteiger partial charge in [-0.3, -0.25) is 4.79 Å². The van der Waals surface area contributed by atoms with Gasteiger partial charge in [0.25, 0.3) is 5.91 Å². The molecule has 2 N–H and O–H groups in total. The second-order valence-corrected chi connectivity index (χ2v) is 10.7. The zero-order valence-corrected chi connectivity index (χ0v) is 20.2. The summed E-state index contributed by atoms with van der Waals surface area (Å²) in [5.74, 6) is 0.434. The third kappa shape index (κ3) is 4.84. The van der Waals surface area contributed by atoms with Gasteiger partial charge in [-0.2, -0.15) is 4.31 Å². The summed E-state index contributed by atoms with van der Waals surface area (Å²) in [6.07, 6.45) is -0.339. The Morgan fingerprint density at radius 2 is 1.63 bits per heavy atom. The highest BCUT2D eigenvalue weighted by Gasteiger charge is 2.32. The van der Waals surface area contributed by atoms with Gasteiger partial charge < -0.3 is 15.0 Å². The third-order valence-electron chi connectivity index (χ3n) is 5.95. The summed E-state index contributed by atoms with van der Waals surface area (Å²) in [5.41, 5.74) is 3.75. The number of fused-ring (bicyclic) bond motifs is 1. The maximum atomic E-state index is 13.0. The van der Waals surface area contributed by atoms with Crippen molar-refractivity contribution in [3.8, 4) is 11.4 Å². The Morgan fingerprint density at radius 3 is 2.29 bits per heavy atom. The van der Waals surface area contributed by atoms with E-state index in [2.05, 4.69) is 15.3 Å². The lowest BCUT2D eigenvalue weighted by Crippen LogP contribution is -2.48. The number of imidazole rings is 1. The Bertz CT molecular complexity index is 1420. The van der Waals surface area contributed by atoms with Crippen molar-refractivity contribution >= 4 is 32.7 Å². The smallest absolute Gasteiger partial charge is 0.255 e. The molecule has 1 amide bonds. The summed E-state index contributed by atoms with van der Waals surface area (Å²) < 4.78 is 33.1. The minimum absolute atomic E-state index is 0.158. The van der Waals surface area contributed by atoms with Crippen LogP contribution in [0.1, 0.15) is 24.2 Å². The fourth-order valence-corrected chi connectivity index (χ4v) is 5.85. The fourth-order valence-electron chi connectivity index (χ4n) is 4.26. The van der Waals surface area contributed by atoms with Gasteiger partial charge in [0.2, 0.25) is 10.0 Å². The molecule has 0 bridgehead atoms. The lowest BCUT2D eigenvalue weighted by atomic mass is 10.1. The summed E-state index contributed by atoms with van der Waals surface area (Å²) in [6.45, 7) is 4.32. The van der Waals surface area contributed by atoms with E-state index in [-0.39, 0.29) is 23.0 Å². The lowest BCUT2D eigenvalue weighted by Gasteiger charge is -2.34. The highest BCUT2D eigenvalue weighted by Crippen LogP contribution is 2.24. The molecule has 1 aliphatic rings. The number of aromatic amines is 1. The molecule has 1 saturated heterocycles. The first-order valence-electron chi connectivity index (χ1n) is 11.4. The van der Waals surface area contributed by atoms with Gasteiger partial charge in [0, 0.05) is 29.9 Å². The molecule has 4 aromatic rings. The van der Waals surface area contributed by atoms with Gasteiger partial charge >= 0.3 is 0 Å². The highest BCUT2D eigenvalue weighted by atomic mass is 32.2. The Labute approximate surface area is 204 Å². The quantitative estimate of drug-likeness (QED) is 0.435. The number of hydrogen-bond donors (Lipinski definition) is 2. The Balaban J connectivity index is 1.27. The molecular formula is C26H26N4O4S. The number of para-hydroxylation sites is 2. The molecule has 9 heteroatoms. The second kappa shape index (κ2) is 9.26. The number of benzene rings is 3. The van der Waals surface area contributed by atoms with Gasteiger partial charge in [0.05, 0.1) is 28.1 Å². The van der Waals surface area contributed by atoms with Crippen molar-refractivity contribution in [3.05, 3.63) is 78.4 Å². The first-order valence-corrected chi connectivity index (χ1v) is 12.9. The highest BCUT2D eigenvalue weighted by molar-refractivity contribution is 7.89. The van der Waals surface area contributed by atoms with E-state index < -0.39 is 10.0 Å². The summed E-state index contributed by atoms with van der Waals surface area (Å²) in [6, 6.07) is 21.2. The molecule has 3 aromatic carbocycles. The van der Waals surface area contributed by atoms with E-state index in [1.54, 1.807) is 12.1 Å². The number of H-pyrrole nitrogens is 1. The molecule has 2 atom stereocenters. The minimum atomic E-state index is -3.66. The number of carbonyl (C=O) groups excluding carboxylic acids is 1. The largest absolute Gasteiger partial charge is 0.373 e. The number of morpholine rings is 1. The van der Waals surface area contributed by atoms with E-state index >= 15 is 0 Å². The Kier molecular flexibility index (Phi) is 6.14. The van der Waals surface area contributed by atoms with Gasteiger partial charge in [-0.1, -0.05) is 12.1 Å². The molecule has 8 nitrogen and oxygen atoms in total. The van der Waals surface area contributed by atoms with Crippen molar-refractivity contribution < 1.29 is 17.9 Å². The Morgan fingerprint density at radius 1 is 0.971 bits per heavy atom. The van der Waals surface area contributed by atoms with Crippen LogP contribution in [0.3, 0.4) is 0 Å². The summed E-state index contributed by atoms with van der Waals surface area (Å²) in [4.78, 5) is 20.8. The number of hydrogen-bond acceptors (Lipinski definition) is 5. The number of rotatable bonds is 5. The maximum absolute atomic E-state index is 13.0. The van der Waals surface area contributed by atoms with Crippen molar-refractivity contribution in [2.75, 3.05) is 18.4 Å². The first kappa shape index (κ1) is 23.2. The van der Waals surface area contributed by atoms with Crippen LogP contribution in [-0.2, 0) is 14.8 Å². The third-order valence-corrected chi connectivity index (χ3v) is 7.79. The molecule has 2 heterocycles. The standard InChI is InChI=1S/C26H26N4O4S/c1-17-15-30(16-18(2)34-17)35(32,33)22-13-9-20(10-14-22)26(31)27-21-11-7-19(8-12-21)25-28-23-5-3-4-6-24(23)29-25/h3-14,17-18H,15-16H2,1-2H3,(H,27,31)(H,28,29)/t17-,18-/m0/s1. The number of aromatic nitrogens is 2. The van der Waals surface area contributed by atoms with Gasteiger partial charge in [-0.25, -0.2) is 13.4 Å². The zero-order valence-electron chi connectivity index (χ0n) is 19.4. The summed E-state index contributed by atoms with van der Waals surface area (Å²) >= 11 is 0. The van der Waals surface area contributed by atoms with Crippen LogP contribution in [-0.4, -0.2) is 53.9 Å². The van der Waals surface area contributed by atoms with E-state index in [0.717, 1.165) is 22.4 Å². The predicted molar refractivity (Wildman–Crippen MR) is 135 cm³/mol. The van der Waals surface area contributed by atoms with Gasteiger partial charge in [-0.05, 0) is 74.5 Å². The number of anilines is 1. The molecule has 5 rings (SSSR count). The molecule has 1 aliphatic heterocycles. The molecule has 1 fully saturated rings. The average Bonchev–Trinajstić information content (AvgIpc) is 3.28. The molecule has 1 aromatic heterocycles. The topological polar surface area (TPSA) is 104 Å². The lowest BCUT2D eigenvalue weighted by molar-refractivity contribution is -0.0440. The number of nitrogens with one attached hydrogen (secondary N) is 2. The molecule has 180 valence electrons. The Hall–Kier alpha value is -3.53. The predicted octanol–water partition coefficient (Wildman–Crippen LogP) is 4.28. The molecule has 35 heavy (non-hydrogen) atoms. The van der Waals surface area contributed by atoms with E-state index in [4.69, 9.17) is 4.74 Å². The fraction of sp³-hybridized carbons (Fsp3) is 0.231. The van der Waals surface area contributed by atoms with Crippen molar-refractivity contribution in [3.63, 3.8) is 0 Å². The van der Waals surface area contributed by atoms with Crippen molar-refractivity contribution in [2.45, 2.75) is 31.0 Å². The molecule has 0 saturated carbocycles. The number of ether oxygens (including phenoxy) is 1. The van der Waals surface area contributed by atoms with Gasteiger partial charge in [0.1, 0.15) is 5.82 Å². The number of sulfonamides is 1. The van der Waals surface area contributed by atoms with Crippen LogP contribution in [0.4, 0.5) is 5.69 Å². The maximum Gasteiger partial charge on any atom is 0.255 e. The van der Waals surface area contributed by atoms with E-state index in [0.29, 0.717) is 24.3 Å². The van der Waals surface area contributed by atoms with Crippen LogP contribution in [0.25, 0.3) is 22.4 Å². The summed E-state index contributed by atoms with van der Waals surface area (Å²) in [5, 5.41) is 2.85. The monoisotopic (exact) mass is 490 g/mol. The van der Waals surface area contributed by atoms with Crippen molar-refractivity contribution in [2.24, 2.45) is 0 Å². The van der Waals surface area contributed by atoms with Crippen molar-refractivity contribution in [1.29, 1.82) is 0 Å². The molecule has 0 unspecified atom stereocenters. The van der Waals surface area contributed by atoms with Crippen LogP contribution >= 0.6 is 0 Å². The van der Waals surface area contributed by atoms with Crippen LogP contribution < -0.4 is 5.32 Å². The second-order valence-electron chi connectivity index (χ2n) is 8.74. The normalized spacial score (nSPS) is 19.0. The molecular weight excluding hydrogens is 464 g/mol. The van der Waals surface area contributed by atoms with Gasteiger partial charge in [-0.15, -0.1) is 0 Å². The number of nitrogens with zero attached hydrogens (tertiary/aromatic N) is 2. The number of carbonyl (C=O) groups is 1. The van der Waals surface area contributed by atoms with Crippen molar-refractivity contribution in [1.82, 2.24) is 14.3 Å².